The second kappa shape index (κ2) is 6.66. The molecule has 23 heavy (non-hydrogen) atoms. The van der Waals surface area contributed by atoms with E-state index in [1.54, 1.807) is 0 Å². The topological polar surface area (TPSA) is 68.0 Å². The predicted octanol–water partition coefficient (Wildman–Crippen LogP) is 3.65. The first-order valence-electron chi connectivity index (χ1n) is 6.74. The Morgan fingerprint density at radius 3 is 2.70 bits per heavy atom. The number of thiophene rings is 1. The third-order valence-electron chi connectivity index (χ3n) is 3.00. The van der Waals surface area contributed by atoms with E-state index in [4.69, 9.17) is 4.52 Å². The SMILES string of the molecule is O=C(CCc1nc(-c2cccs2)no1)Nc1c(F)cccc1F. The molecule has 0 aliphatic carbocycles. The molecule has 3 aromatic rings. The van der Waals surface area contributed by atoms with Crippen molar-refractivity contribution in [2.24, 2.45) is 0 Å². The van der Waals surface area contributed by atoms with Crippen molar-refractivity contribution in [1.29, 1.82) is 0 Å². The van der Waals surface area contributed by atoms with Gasteiger partial charge in [-0.25, -0.2) is 8.78 Å². The zero-order valence-corrected chi connectivity index (χ0v) is 12.6. The molecule has 0 atom stereocenters. The summed E-state index contributed by atoms with van der Waals surface area (Å²) in [6.07, 6.45) is 0.153. The molecule has 118 valence electrons. The van der Waals surface area contributed by atoms with Crippen molar-refractivity contribution in [2.45, 2.75) is 12.8 Å². The second-order valence-electron chi connectivity index (χ2n) is 4.63. The molecule has 0 spiro atoms. The molecule has 0 bridgehead atoms. The number of aryl methyl sites for hydroxylation is 1. The summed E-state index contributed by atoms with van der Waals surface area (Å²) >= 11 is 1.47. The Bertz CT molecular complexity index is 798. The smallest absolute Gasteiger partial charge is 0.227 e. The lowest BCUT2D eigenvalue weighted by atomic mass is 10.2. The van der Waals surface area contributed by atoms with Crippen LogP contribution in [0.1, 0.15) is 12.3 Å². The molecule has 0 unspecified atom stereocenters. The first-order chi connectivity index (χ1) is 11.1. The van der Waals surface area contributed by atoms with Gasteiger partial charge < -0.3 is 9.84 Å². The quantitative estimate of drug-likeness (QED) is 0.773. The van der Waals surface area contributed by atoms with Gasteiger partial charge in [0.05, 0.1) is 4.88 Å². The van der Waals surface area contributed by atoms with Gasteiger partial charge >= 0.3 is 0 Å². The predicted molar refractivity (Wildman–Crippen MR) is 80.9 cm³/mol. The Kier molecular flexibility index (Phi) is 4.42. The van der Waals surface area contributed by atoms with Crippen LogP contribution in [-0.2, 0) is 11.2 Å². The fourth-order valence-corrected chi connectivity index (χ4v) is 2.55. The van der Waals surface area contributed by atoms with Gasteiger partial charge in [-0.15, -0.1) is 11.3 Å². The molecule has 2 heterocycles. The monoisotopic (exact) mass is 335 g/mol. The highest BCUT2D eigenvalue weighted by molar-refractivity contribution is 7.13. The molecule has 0 saturated carbocycles. The van der Waals surface area contributed by atoms with Crippen molar-refractivity contribution in [3.8, 4) is 10.7 Å². The molecular formula is C15H11F2N3O2S. The summed E-state index contributed by atoms with van der Waals surface area (Å²) in [7, 11) is 0. The lowest BCUT2D eigenvalue weighted by molar-refractivity contribution is -0.116. The third-order valence-corrected chi connectivity index (χ3v) is 3.87. The lowest BCUT2D eigenvalue weighted by Crippen LogP contribution is -2.14. The van der Waals surface area contributed by atoms with Gasteiger partial charge in [-0.2, -0.15) is 4.98 Å². The zero-order chi connectivity index (χ0) is 16.2. The van der Waals surface area contributed by atoms with Gasteiger partial charge in [0, 0.05) is 12.8 Å². The number of rotatable bonds is 5. The van der Waals surface area contributed by atoms with E-state index in [9.17, 15) is 13.6 Å². The highest BCUT2D eigenvalue weighted by Crippen LogP contribution is 2.22. The normalized spacial score (nSPS) is 10.7. The van der Waals surface area contributed by atoms with Gasteiger partial charge in [0.2, 0.25) is 17.6 Å². The van der Waals surface area contributed by atoms with Crippen LogP contribution in [-0.4, -0.2) is 16.0 Å². The Morgan fingerprint density at radius 1 is 1.22 bits per heavy atom. The Balaban J connectivity index is 1.59. The van der Waals surface area contributed by atoms with Crippen LogP contribution in [0.4, 0.5) is 14.5 Å². The van der Waals surface area contributed by atoms with E-state index in [1.165, 1.54) is 17.4 Å². The summed E-state index contributed by atoms with van der Waals surface area (Å²) in [5, 5.41) is 7.92. The third kappa shape index (κ3) is 3.59. The van der Waals surface area contributed by atoms with Crippen LogP contribution in [0, 0.1) is 11.6 Å². The number of hydrogen-bond donors (Lipinski definition) is 1. The first-order valence-corrected chi connectivity index (χ1v) is 7.62. The van der Waals surface area contributed by atoms with Gasteiger partial charge in [0.25, 0.3) is 0 Å². The summed E-state index contributed by atoms with van der Waals surface area (Å²) in [6, 6.07) is 7.10. The molecule has 3 rings (SSSR count). The largest absolute Gasteiger partial charge is 0.339 e. The van der Waals surface area contributed by atoms with Crippen LogP contribution in [0.5, 0.6) is 0 Å². The number of carbonyl (C=O) groups is 1. The number of carbonyl (C=O) groups excluding carboxylic acids is 1. The summed E-state index contributed by atoms with van der Waals surface area (Å²) in [5.74, 6) is -1.44. The zero-order valence-electron chi connectivity index (χ0n) is 11.8. The number of benzene rings is 1. The highest BCUT2D eigenvalue weighted by atomic mass is 32.1. The summed E-state index contributed by atoms with van der Waals surface area (Å²) < 4.78 is 31.9. The number of nitrogens with one attached hydrogen (secondary N) is 1. The fourth-order valence-electron chi connectivity index (χ4n) is 1.90. The Morgan fingerprint density at radius 2 is 2.00 bits per heavy atom. The van der Waals surface area contributed by atoms with Crippen LogP contribution in [0.25, 0.3) is 10.7 Å². The molecule has 0 fully saturated rings. The second-order valence-corrected chi connectivity index (χ2v) is 5.58. The minimum absolute atomic E-state index is 0.0279. The van der Waals surface area contributed by atoms with Crippen LogP contribution in [0.2, 0.25) is 0 Å². The molecule has 2 aromatic heterocycles. The van der Waals surface area contributed by atoms with E-state index in [2.05, 4.69) is 15.5 Å². The molecule has 0 aliphatic heterocycles. The molecule has 5 nitrogen and oxygen atoms in total. The van der Waals surface area contributed by atoms with Crippen molar-refractivity contribution in [3.05, 3.63) is 53.2 Å². The maximum absolute atomic E-state index is 13.4. The van der Waals surface area contributed by atoms with E-state index >= 15 is 0 Å². The van der Waals surface area contributed by atoms with Gasteiger partial charge in [-0.1, -0.05) is 17.3 Å². The first kappa shape index (κ1) is 15.3. The molecule has 0 aliphatic rings. The number of para-hydroxylation sites is 1. The van der Waals surface area contributed by atoms with Crippen molar-refractivity contribution >= 4 is 22.9 Å². The molecule has 1 N–H and O–H groups in total. The van der Waals surface area contributed by atoms with Crippen LogP contribution < -0.4 is 5.32 Å². The van der Waals surface area contributed by atoms with E-state index in [0.29, 0.717) is 5.82 Å². The maximum Gasteiger partial charge on any atom is 0.227 e. The number of amides is 1. The van der Waals surface area contributed by atoms with E-state index in [0.717, 1.165) is 17.0 Å². The highest BCUT2D eigenvalue weighted by Gasteiger charge is 2.14. The van der Waals surface area contributed by atoms with Crippen molar-refractivity contribution < 1.29 is 18.1 Å². The van der Waals surface area contributed by atoms with E-state index < -0.39 is 23.2 Å². The summed E-state index contributed by atoms with van der Waals surface area (Å²) in [5.41, 5.74) is -0.456. The van der Waals surface area contributed by atoms with Crippen LogP contribution in [0.15, 0.2) is 40.2 Å². The minimum Gasteiger partial charge on any atom is -0.339 e. The van der Waals surface area contributed by atoms with Gasteiger partial charge in [0.1, 0.15) is 17.3 Å². The Labute approximate surface area is 134 Å². The van der Waals surface area contributed by atoms with Gasteiger partial charge in [-0.05, 0) is 23.6 Å². The van der Waals surface area contributed by atoms with Crippen molar-refractivity contribution in [2.75, 3.05) is 5.32 Å². The molecule has 0 radical (unpaired) electrons. The number of nitrogens with zero attached hydrogens (tertiary/aromatic N) is 2. The summed E-state index contributed by atoms with van der Waals surface area (Å²) in [4.78, 5) is 16.8. The summed E-state index contributed by atoms with van der Waals surface area (Å²) in [6.45, 7) is 0. The molecule has 1 aromatic carbocycles. The van der Waals surface area contributed by atoms with Gasteiger partial charge in [-0.3, -0.25) is 4.79 Å². The average Bonchev–Trinajstić information content (AvgIpc) is 3.19. The number of halogens is 2. The Hall–Kier alpha value is -2.61. The van der Waals surface area contributed by atoms with E-state index in [-0.39, 0.29) is 18.7 Å². The lowest BCUT2D eigenvalue weighted by Gasteiger charge is -2.06. The molecule has 0 saturated heterocycles. The molecule has 8 heteroatoms. The maximum atomic E-state index is 13.4. The van der Waals surface area contributed by atoms with Crippen LogP contribution >= 0.6 is 11.3 Å². The van der Waals surface area contributed by atoms with Crippen LogP contribution in [0.3, 0.4) is 0 Å². The number of hydrogen-bond acceptors (Lipinski definition) is 5. The average molecular weight is 335 g/mol. The standard InChI is InChI=1S/C15H11F2N3O2S/c16-9-3-1-4-10(17)14(9)18-12(21)6-7-13-19-15(20-22-13)11-5-2-8-23-11/h1-5,8H,6-7H2,(H,18,21). The minimum atomic E-state index is -0.823. The molecular weight excluding hydrogens is 324 g/mol. The van der Waals surface area contributed by atoms with Crippen molar-refractivity contribution in [1.82, 2.24) is 10.1 Å². The van der Waals surface area contributed by atoms with Crippen molar-refractivity contribution in [3.63, 3.8) is 0 Å². The number of anilines is 1. The van der Waals surface area contributed by atoms with E-state index in [1.807, 2.05) is 17.5 Å². The number of aromatic nitrogens is 2. The molecule has 1 amide bonds. The van der Waals surface area contributed by atoms with Gasteiger partial charge in [0.15, 0.2) is 0 Å². The fraction of sp³-hybridized carbons (Fsp3) is 0.133.